The SMILES string of the molecule is CC(=O)Oc1cc(C(=O)O)cc2c1OPO2. The molecule has 84 valence electrons. The molecule has 2 rings (SSSR count). The Bertz CT molecular complexity index is 469. The maximum atomic E-state index is 10.8. The third kappa shape index (κ3) is 1.92. The van der Waals surface area contributed by atoms with Crippen molar-refractivity contribution in [2.75, 3.05) is 0 Å². The Morgan fingerprint density at radius 2 is 2.12 bits per heavy atom. The number of aromatic carboxylic acids is 1. The Labute approximate surface area is 92.1 Å². The van der Waals surface area contributed by atoms with Crippen LogP contribution >= 0.6 is 9.03 Å². The van der Waals surface area contributed by atoms with Gasteiger partial charge in [0.2, 0.25) is 5.75 Å². The Kier molecular flexibility index (Phi) is 2.66. The van der Waals surface area contributed by atoms with Crippen LogP contribution in [0.4, 0.5) is 0 Å². The molecule has 0 aliphatic carbocycles. The van der Waals surface area contributed by atoms with Crippen LogP contribution in [-0.2, 0) is 4.79 Å². The monoisotopic (exact) mass is 242 g/mol. The van der Waals surface area contributed by atoms with E-state index in [2.05, 4.69) is 0 Å². The number of hydrogen-bond donors (Lipinski definition) is 1. The number of carbonyl (C=O) groups excluding carboxylic acids is 1. The number of benzene rings is 1. The number of carboxylic acids is 1. The zero-order chi connectivity index (χ0) is 11.7. The number of rotatable bonds is 2. The van der Waals surface area contributed by atoms with Crippen molar-refractivity contribution in [3.63, 3.8) is 0 Å². The number of ether oxygens (including phenoxy) is 1. The van der Waals surface area contributed by atoms with Crippen LogP contribution in [-0.4, -0.2) is 17.0 Å². The Morgan fingerprint density at radius 3 is 2.75 bits per heavy atom. The molecule has 0 radical (unpaired) electrons. The topological polar surface area (TPSA) is 82.1 Å². The number of fused-ring (bicyclic) bond motifs is 1. The van der Waals surface area contributed by atoms with E-state index < -0.39 is 11.9 Å². The summed E-state index contributed by atoms with van der Waals surface area (Å²) in [5, 5.41) is 8.84. The summed E-state index contributed by atoms with van der Waals surface area (Å²) in [4.78, 5) is 21.6. The summed E-state index contributed by atoms with van der Waals surface area (Å²) in [6, 6.07) is 2.55. The molecule has 0 saturated heterocycles. The molecular formula is C9H7O6P. The van der Waals surface area contributed by atoms with Crippen molar-refractivity contribution in [1.82, 2.24) is 0 Å². The van der Waals surface area contributed by atoms with Gasteiger partial charge in [0.05, 0.1) is 5.56 Å². The quantitative estimate of drug-likeness (QED) is 0.481. The number of carbonyl (C=O) groups is 2. The predicted molar refractivity (Wildman–Crippen MR) is 54.3 cm³/mol. The van der Waals surface area contributed by atoms with Crippen LogP contribution in [0, 0.1) is 0 Å². The second-order valence-electron chi connectivity index (χ2n) is 2.99. The van der Waals surface area contributed by atoms with Crippen LogP contribution in [0.25, 0.3) is 0 Å². The van der Waals surface area contributed by atoms with Crippen LogP contribution in [0.1, 0.15) is 17.3 Å². The Morgan fingerprint density at radius 1 is 1.38 bits per heavy atom. The van der Waals surface area contributed by atoms with Gasteiger partial charge in [-0.25, -0.2) is 4.79 Å². The fourth-order valence-electron chi connectivity index (χ4n) is 1.21. The van der Waals surface area contributed by atoms with Crippen LogP contribution in [0.15, 0.2) is 12.1 Å². The van der Waals surface area contributed by atoms with Gasteiger partial charge in [0.25, 0.3) is 9.03 Å². The first kappa shape index (κ1) is 10.7. The van der Waals surface area contributed by atoms with Crippen molar-refractivity contribution < 1.29 is 28.5 Å². The average molecular weight is 242 g/mol. The average Bonchev–Trinajstić information content (AvgIpc) is 2.64. The lowest BCUT2D eigenvalue weighted by Gasteiger charge is -2.06. The molecular weight excluding hydrogens is 235 g/mol. The molecule has 0 amide bonds. The summed E-state index contributed by atoms with van der Waals surface area (Å²) in [6.45, 7) is 1.22. The van der Waals surface area contributed by atoms with Gasteiger partial charge in [0.15, 0.2) is 11.5 Å². The first-order valence-electron chi connectivity index (χ1n) is 4.26. The zero-order valence-electron chi connectivity index (χ0n) is 8.14. The molecule has 1 heterocycles. The van der Waals surface area contributed by atoms with Gasteiger partial charge < -0.3 is 18.9 Å². The minimum atomic E-state index is -1.13. The predicted octanol–water partition coefficient (Wildman–Crippen LogP) is 1.59. The normalized spacial score (nSPS) is 13.8. The van der Waals surface area contributed by atoms with Gasteiger partial charge in [0.1, 0.15) is 0 Å². The van der Waals surface area contributed by atoms with Gasteiger partial charge in [-0.1, -0.05) is 0 Å². The van der Waals surface area contributed by atoms with E-state index in [1.165, 1.54) is 19.1 Å². The van der Waals surface area contributed by atoms with Crippen molar-refractivity contribution in [2.24, 2.45) is 0 Å². The Balaban J connectivity index is 2.49. The molecule has 0 aromatic heterocycles. The highest BCUT2D eigenvalue weighted by Crippen LogP contribution is 2.48. The molecule has 7 heteroatoms. The molecule has 1 atom stereocenters. The summed E-state index contributed by atoms with van der Waals surface area (Å²) >= 11 is 0. The van der Waals surface area contributed by atoms with Crippen molar-refractivity contribution in [3.8, 4) is 17.2 Å². The zero-order valence-corrected chi connectivity index (χ0v) is 9.14. The lowest BCUT2D eigenvalue weighted by Crippen LogP contribution is -2.04. The second-order valence-corrected chi connectivity index (χ2v) is 3.56. The molecule has 1 aromatic rings. The van der Waals surface area contributed by atoms with Crippen molar-refractivity contribution in [1.29, 1.82) is 0 Å². The maximum Gasteiger partial charge on any atom is 0.335 e. The third-order valence-electron chi connectivity index (χ3n) is 1.82. The van der Waals surface area contributed by atoms with E-state index in [4.69, 9.17) is 18.9 Å². The fourth-order valence-corrected chi connectivity index (χ4v) is 1.78. The van der Waals surface area contributed by atoms with Gasteiger partial charge in [-0.05, 0) is 12.1 Å². The van der Waals surface area contributed by atoms with Gasteiger partial charge in [-0.2, -0.15) is 0 Å². The molecule has 0 spiro atoms. The molecule has 1 aliphatic heterocycles. The number of carboxylic acid groups (broad SMARTS) is 1. The van der Waals surface area contributed by atoms with E-state index in [-0.39, 0.29) is 31.8 Å². The van der Waals surface area contributed by atoms with Gasteiger partial charge in [-0.15, -0.1) is 0 Å². The third-order valence-corrected chi connectivity index (χ3v) is 2.41. The summed E-state index contributed by atoms with van der Waals surface area (Å²) < 4.78 is 15.0. The van der Waals surface area contributed by atoms with Crippen LogP contribution in [0.3, 0.4) is 0 Å². The lowest BCUT2D eigenvalue weighted by molar-refractivity contribution is -0.131. The minimum Gasteiger partial charge on any atom is -0.478 e. The van der Waals surface area contributed by atoms with Gasteiger partial charge in [0, 0.05) is 6.92 Å². The first-order valence-corrected chi connectivity index (χ1v) is 5.08. The molecule has 1 aliphatic rings. The molecule has 1 unspecified atom stereocenters. The lowest BCUT2D eigenvalue weighted by atomic mass is 10.2. The summed E-state index contributed by atoms with van der Waals surface area (Å²) in [6.07, 6.45) is 0. The summed E-state index contributed by atoms with van der Waals surface area (Å²) in [7, 11) is -0.255. The summed E-state index contributed by atoms with van der Waals surface area (Å²) in [5.74, 6) is -1.08. The molecule has 6 nitrogen and oxygen atoms in total. The van der Waals surface area contributed by atoms with Crippen molar-refractivity contribution in [3.05, 3.63) is 17.7 Å². The first-order chi connectivity index (χ1) is 7.58. The van der Waals surface area contributed by atoms with E-state index in [0.717, 1.165) is 0 Å². The molecule has 0 bridgehead atoms. The van der Waals surface area contributed by atoms with E-state index in [0.29, 0.717) is 0 Å². The van der Waals surface area contributed by atoms with Gasteiger partial charge in [-0.3, -0.25) is 4.79 Å². The Hall–Kier alpha value is -1.81. The largest absolute Gasteiger partial charge is 0.478 e. The van der Waals surface area contributed by atoms with Crippen LogP contribution in [0.2, 0.25) is 0 Å². The van der Waals surface area contributed by atoms with Crippen LogP contribution < -0.4 is 13.8 Å². The summed E-state index contributed by atoms with van der Waals surface area (Å²) in [5.41, 5.74) is -0.0229. The highest BCUT2D eigenvalue weighted by Gasteiger charge is 2.23. The number of hydrogen-bond acceptors (Lipinski definition) is 5. The van der Waals surface area contributed by atoms with Crippen molar-refractivity contribution in [2.45, 2.75) is 6.92 Å². The van der Waals surface area contributed by atoms with Crippen molar-refractivity contribution >= 4 is 21.0 Å². The molecule has 0 saturated carbocycles. The molecule has 1 N–H and O–H groups in total. The second kappa shape index (κ2) is 3.98. The maximum absolute atomic E-state index is 10.8. The smallest absolute Gasteiger partial charge is 0.335 e. The minimum absolute atomic E-state index is 0.0229. The van der Waals surface area contributed by atoms with E-state index >= 15 is 0 Å². The van der Waals surface area contributed by atoms with Gasteiger partial charge >= 0.3 is 11.9 Å². The fraction of sp³-hybridized carbons (Fsp3) is 0.111. The van der Waals surface area contributed by atoms with E-state index in [9.17, 15) is 9.59 Å². The standard InChI is InChI=1S/C9H7O6P/c1-4(10)13-6-2-5(9(11)12)3-7-8(6)15-16-14-7/h2-3,16H,1H3,(H,11,12). The molecule has 1 aromatic carbocycles. The molecule has 0 fully saturated rings. The van der Waals surface area contributed by atoms with E-state index in [1.54, 1.807) is 0 Å². The molecule has 16 heavy (non-hydrogen) atoms. The highest BCUT2D eigenvalue weighted by atomic mass is 31.1. The van der Waals surface area contributed by atoms with E-state index in [1.807, 2.05) is 0 Å². The number of esters is 1. The highest BCUT2D eigenvalue weighted by molar-refractivity contribution is 7.27. The van der Waals surface area contributed by atoms with Crippen LogP contribution in [0.5, 0.6) is 17.2 Å².